The average Bonchev–Trinajstić information content (AvgIpc) is 3.15. The standard InChI is InChI=1S/C17H21N5O2/c1-12(8-22-11-18-10-19-22)20-17(23)16-14(9-21(2)3)13-6-4-5-7-15(13)24-16/h4-7,10-12H,8-9H2,1-3H3,(H,20,23). The lowest BCUT2D eigenvalue weighted by molar-refractivity contribution is 0.0908. The first-order valence-corrected chi connectivity index (χ1v) is 7.83. The Kier molecular flexibility index (Phi) is 4.61. The normalized spacial score (nSPS) is 12.7. The summed E-state index contributed by atoms with van der Waals surface area (Å²) in [6.07, 6.45) is 3.10. The van der Waals surface area contributed by atoms with Gasteiger partial charge in [0.2, 0.25) is 0 Å². The molecule has 0 saturated carbocycles. The monoisotopic (exact) mass is 327 g/mol. The zero-order valence-electron chi connectivity index (χ0n) is 14.1. The molecule has 2 aromatic heterocycles. The van der Waals surface area contributed by atoms with E-state index in [9.17, 15) is 4.79 Å². The number of carbonyl (C=O) groups is 1. The molecule has 0 aliphatic heterocycles. The molecule has 7 nitrogen and oxygen atoms in total. The minimum Gasteiger partial charge on any atom is -0.451 e. The summed E-state index contributed by atoms with van der Waals surface area (Å²) in [5, 5.41) is 7.99. The molecule has 1 N–H and O–H groups in total. The smallest absolute Gasteiger partial charge is 0.287 e. The summed E-state index contributed by atoms with van der Waals surface area (Å²) >= 11 is 0. The second-order valence-electron chi connectivity index (χ2n) is 6.14. The van der Waals surface area contributed by atoms with Crippen molar-refractivity contribution < 1.29 is 9.21 Å². The lowest BCUT2D eigenvalue weighted by atomic mass is 10.1. The van der Waals surface area contributed by atoms with Crippen LogP contribution in [0.3, 0.4) is 0 Å². The molecule has 1 aromatic carbocycles. The Morgan fingerprint density at radius 2 is 2.17 bits per heavy atom. The lowest BCUT2D eigenvalue weighted by Crippen LogP contribution is -2.36. The molecule has 2 heterocycles. The van der Waals surface area contributed by atoms with Crippen molar-refractivity contribution in [2.24, 2.45) is 0 Å². The van der Waals surface area contributed by atoms with E-state index in [0.29, 0.717) is 18.8 Å². The van der Waals surface area contributed by atoms with E-state index in [1.54, 1.807) is 11.0 Å². The van der Waals surface area contributed by atoms with E-state index in [-0.39, 0.29) is 11.9 Å². The molecule has 24 heavy (non-hydrogen) atoms. The van der Waals surface area contributed by atoms with E-state index >= 15 is 0 Å². The Bertz CT molecular complexity index is 823. The van der Waals surface area contributed by atoms with Crippen LogP contribution in [0, 0.1) is 0 Å². The number of rotatable bonds is 6. The highest BCUT2D eigenvalue weighted by molar-refractivity contribution is 5.99. The van der Waals surface area contributed by atoms with Crippen molar-refractivity contribution in [3.05, 3.63) is 48.2 Å². The van der Waals surface area contributed by atoms with Crippen LogP contribution in [0.15, 0.2) is 41.3 Å². The van der Waals surface area contributed by atoms with Crippen LogP contribution in [0.25, 0.3) is 11.0 Å². The van der Waals surface area contributed by atoms with Gasteiger partial charge in [0.1, 0.15) is 18.2 Å². The Balaban J connectivity index is 1.83. The van der Waals surface area contributed by atoms with Gasteiger partial charge in [0.05, 0.1) is 6.54 Å². The number of hydrogen-bond acceptors (Lipinski definition) is 5. The van der Waals surface area contributed by atoms with Crippen LogP contribution < -0.4 is 5.32 Å². The summed E-state index contributed by atoms with van der Waals surface area (Å²) < 4.78 is 7.51. The van der Waals surface area contributed by atoms with E-state index in [0.717, 1.165) is 16.5 Å². The fourth-order valence-corrected chi connectivity index (χ4v) is 2.70. The highest BCUT2D eigenvalue weighted by Crippen LogP contribution is 2.26. The molecule has 0 aliphatic rings. The maximum Gasteiger partial charge on any atom is 0.287 e. The summed E-state index contributed by atoms with van der Waals surface area (Å²) in [4.78, 5) is 18.6. The molecule has 126 valence electrons. The Labute approximate surface area is 140 Å². The number of para-hydroxylation sites is 1. The van der Waals surface area contributed by atoms with Crippen molar-refractivity contribution in [2.45, 2.75) is 26.1 Å². The largest absolute Gasteiger partial charge is 0.451 e. The van der Waals surface area contributed by atoms with Crippen LogP contribution in [0.1, 0.15) is 23.0 Å². The molecular weight excluding hydrogens is 306 g/mol. The van der Waals surface area contributed by atoms with Crippen LogP contribution in [0.5, 0.6) is 0 Å². The molecular formula is C17H21N5O2. The van der Waals surface area contributed by atoms with Gasteiger partial charge in [-0.2, -0.15) is 5.10 Å². The molecule has 0 fully saturated rings. The van der Waals surface area contributed by atoms with Crippen molar-refractivity contribution in [2.75, 3.05) is 14.1 Å². The topological polar surface area (TPSA) is 76.2 Å². The first kappa shape index (κ1) is 16.2. The van der Waals surface area contributed by atoms with Gasteiger partial charge in [-0.05, 0) is 27.1 Å². The minimum atomic E-state index is -0.212. The van der Waals surface area contributed by atoms with Gasteiger partial charge in [-0.15, -0.1) is 0 Å². The van der Waals surface area contributed by atoms with E-state index in [2.05, 4.69) is 15.4 Å². The van der Waals surface area contributed by atoms with Gasteiger partial charge in [-0.3, -0.25) is 9.48 Å². The zero-order chi connectivity index (χ0) is 17.1. The van der Waals surface area contributed by atoms with Gasteiger partial charge < -0.3 is 14.6 Å². The summed E-state index contributed by atoms with van der Waals surface area (Å²) in [5.41, 5.74) is 1.63. The molecule has 0 radical (unpaired) electrons. The highest BCUT2D eigenvalue weighted by atomic mass is 16.3. The number of benzene rings is 1. The lowest BCUT2D eigenvalue weighted by Gasteiger charge is -2.14. The van der Waals surface area contributed by atoms with Gasteiger partial charge >= 0.3 is 0 Å². The number of carbonyl (C=O) groups excluding carboxylic acids is 1. The molecule has 1 atom stereocenters. The number of furan rings is 1. The number of hydrogen-bond donors (Lipinski definition) is 1. The third kappa shape index (κ3) is 3.46. The van der Waals surface area contributed by atoms with E-state index in [4.69, 9.17) is 4.42 Å². The van der Waals surface area contributed by atoms with E-state index < -0.39 is 0 Å². The maximum atomic E-state index is 12.7. The quantitative estimate of drug-likeness (QED) is 0.748. The number of aromatic nitrogens is 3. The molecule has 3 aromatic rings. The molecule has 0 spiro atoms. The third-order valence-electron chi connectivity index (χ3n) is 3.68. The van der Waals surface area contributed by atoms with Crippen molar-refractivity contribution in [3.63, 3.8) is 0 Å². The fraction of sp³-hybridized carbons (Fsp3) is 0.353. The SMILES string of the molecule is CC(Cn1cncn1)NC(=O)c1oc2ccccc2c1CN(C)C. The number of nitrogens with zero attached hydrogens (tertiary/aromatic N) is 4. The van der Waals surface area contributed by atoms with Gasteiger partial charge in [-0.1, -0.05) is 18.2 Å². The summed E-state index contributed by atoms with van der Waals surface area (Å²) in [6, 6.07) is 7.61. The molecule has 1 unspecified atom stereocenters. The predicted octanol–water partition coefficient (Wildman–Crippen LogP) is 1.90. The van der Waals surface area contributed by atoms with E-state index in [1.165, 1.54) is 6.33 Å². The second-order valence-corrected chi connectivity index (χ2v) is 6.14. The molecule has 1 amide bonds. The van der Waals surface area contributed by atoms with E-state index in [1.807, 2.05) is 50.2 Å². The van der Waals surface area contributed by atoms with Crippen molar-refractivity contribution in [1.82, 2.24) is 25.0 Å². The van der Waals surface area contributed by atoms with Crippen LogP contribution in [0.2, 0.25) is 0 Å². The molecule has 0 bridgehead atoms. The van der Waals surface area contributed by atoms with Crippen molar-refractivity contribution in [1.29, 1.82) is 0 Å². The molecule has 3 rings (SSSR count). The molecule has 0 saturated heterocycles. The minimum absolute atomic E-state index is 0.0976. The number of amides is 1. The summed E-state index contributed by atoms with van der Waals surface area (Å²) in [7, 11) is 3.94. The third-order valence-corrected chi connectivity index (χ3v) is 3.68. The van der Waals surface area contributed by atoms with Crippen molar-refractivity contribution >= 4 is 16.9 Å². The second kappa shape index (κ2) is 6.84. The molecule has 0 aliphatic carbocycles. The Morgan fingerprint density at radius 3 is 2.88 bits per heavy atom. The first-order chi connectivity index (χ1) is 11.5. The summed E-state index contributed by atoms with van der Waals surface area (Å²) in [5.74, 6) is 0.158. The van der Waals surface area contributed by atoms with Gasteiger partial charge in [-0.25, -0.2) is 4.98 Å². The van der Waals surface area contributed by atoms with Gasteiger partial charge in [0.25, 0.3) is 5.91 Å². The maximum absolute atomic E-state index is 12.7. The first-order valence-electron chi connectivity index (χ1n) is 7.83. The van der Waals surface area contributed by atoms with Gasteiger partial charge in [0, 0.05) is 23.5 Å². The Morgan fingerprint density at radius 1 is 1.38 bits per heavy atom. The van der Waals surface area contributed by atoms with Gasteiger partial charge in [0.15, 0.2) is 5.76 Å². The predicted molar refractivity (Wildman–Crippen MR) is 90.6 cm³/mol. The van der Waals surface area contributed by atoms with Crippen LogP contribution in [0.4, 0.5) is 0 Å². The summed E-state index contributed by atoms with van der Waals surface area (Å²) in [6.45, 7) is 3.11. The average molecular weight is 327 g/mol. The number of fused-ring (bicyclic) bond motifs is 1. The Hall–Kier alpha value is -2.67. The zero-order valence-corrected chi connectivity index (χ0v) is 14.1. The van der Waals surface area contributed by atoms with Crippen LogP contribution >= 0.6 is 0 Å². The van der Waals surface area contributed by atoms with Crippen molar-refractivity contribution in [3.8, 4) is 0 Å². The molecule has 7 heteroatoms. The number of nitrogens with one attached hydrogen (secondary N) is 1. The fourth-order valence-electron chi connectivity index (χ4n) is 2.70. The highest BCUT2D eigenvalue weighted by Gasteiger charge is 2.22. The van der Waals surface area contributed by atoms with Crippen LogP contribution in [-0.2, 0) is 13.1 Å². The van der Waals surface area contributed by atoms with Crippen LogP contribution in [-0.4, -0.2) is 45.7 Å².